The van der Waals surface area contributed by atoms with E-state index in [0.717, 1.165) is 46.6 Å². The zero-order valence-corrected chi connectivity index (χ0v) is 13.5. The molecule has 1 aliphatic carbocycles. The Morgan fingerprint density at radius 1 is 1.04 bits per heavy atom. The summed E-state index contributed by atoms with van der Waals surface area (Å²) in [5.74, 6) is 1.76. The van der Waals surface area contributed by atoms with Crippen molar-refractivity contribution in [3.8, 4) is 11.5 Å². The van der Waals surface area contributed by atoms with Crippen LogP contribution in [0.1, 0.15) is 34.8 Å². The highest BCUT2D eigenvalue weighted by molar-refractivity contribution is 6.13. The first-order chi connectivity index (χ1) is 11.2. The maximum absolute atomic E-state index is 12.7. The van der Waals surface area contributed by atoms with E-state index in [0.29, 0.717) is 6.61 Å². The Balaban J connectivity index is 1.85. The fourth-order valence-electron chi connectivity index (χ4n) is 2.85. The molecule has 23 heavy (non-hydrogen) atoms. The van der Waals surface area contributed by atoms with Crippen LogP contribution in [0.15, 0.2) is 48.0 Å². The van der Waals surface area contributed by atoms with E-state index in [1.165, 1.54) is 0 Å². The van der Waals surface area contributed by atoms with Gasteiger partial charge < -0.3 is 9.47 Å². The van der Waals surface area contributed by atoms with Gasteiger partial charge in [-0.25, -0.2) is 0 Å². The van der Waals surface area contributed by atoms with Crippen molar-refractivity contribution in [2.45, 2.75) is 19.8 Å². The van der Waals surface area contributed by atoms with Gasteiger partial charge in [-0.3, -0.25) is 4.79 Å². The molecule has 0 aliphatic heterocycles. The molecule has 3 heteroatoms. The molecule has 0 aromatic heterocycles. The van der Waals surface area contributed by atoms with Gasteiger partial charge in [0.25, 0.3) is 0 Å². The Labute approximate surface area is 136 Å². The van der Waals surface area contributed by atoms with Crippen molar-refractivity contribution in [3.05, 3.63) is 64.7 Å². The zero-order valence-electron chi connectivity index (χ0n) is 13.5. The Kier molecular flexibility index (Phi) is 4.47. The lowest BCUT2D eigenvalue weighted by atomic mass is 9.86. The Morgan fingerprint density at radius 3 is 2.48 bits per heavy atom. The summed E-state index contributed by atoms with van der Waals surface area (Å²) in [6.45, 7) is 2.61. The maximum Gasteiger partial charge on any atom is 0.189 e. The van der Waals surface area contributed by atoms with Crippen LogP contribution < -0.4 is 9.47 Å². The standard InChI is InChI=1S/C20H20O3/c1-3-23-17-8-4-14(5-9-17)12-16-7-6-15-13-18(22-2)10-11-19(15)20(16)21/h4-5,8-13H,3,6-7H2,1-2H3. The minimum Gasteiger partial charge on any atom is -0.497 e. The number of hydrogen-bond acceptors (Lipinski definition) is 3. The largest absolute Gasteiger partial charge is 0.497 e. The van der Waals surface area contributed by atoms with E-state index >= 15 is 0 Å². The van der Waals surface area contributed by atoms with Crippen molar-refractivity contribution in [2.24, 2.45) is 0 Å². The van der Waals surface area contributed by atoms with Gasteiger partial charge in [0.05, 0.1) is 13.7 Å². The number of fused-ring (bicyclic) bond motifs is 1. The van der Waals surface area contributed by atoms with Gasteiger partial charge in [0, 0.05) is 11.1 Å². The zero-order chi connectivity index (χ0) is 16.2. The third kappa shape index (κ3) is 3.29. The van der Waals surface area contributed by atoms with Crippen molar-refractivity contribution in [3.63, 3.8) is 0 Å². The second kappa shape index (κ2) is 6.69. The van der Waals surface area contributed by atoms with Crippen LogP contribution in [0.4, 0.5) is 0 Å². The lowest BCUT2D eigenvalue weighted by Gasteiger charge is -2.18. The smallest absolute Gasteiger partial charge is 0.189 e. The van der Waals surface area contributed by atoms with E-state index in [2.05, 4.69) is 0 Å². The van der Waals surface area contributed by atoms with Crippen LogP contribution in [0.2, 0.25) is 0 Å². The predicted molar refractivity (Wildman–Crippen MR) is 91.2 cm³/mol. The summed E-state index contributed by atoms with van der Waals surface area (Å²) >= 11 is 0. The van der Waals surface area contributed by atoms with Crippen LogP contribution in [0, 0.1) is 0 Å². The average Bonchev–Trinajstić information content (AvgIpc) is 2.59. The second-order valence-corrected chi connectivity index (χ2v) is 5.52. The highest BCUT2D eigenvalue weighted by Crippen LogP contribution is 2.29. The molecule has 118 valence electrons. The molecule has 1 aliphatic rings. The van der Waals surface area contributed by atoms with Crippen molar-refractivity contribution in [1.29, 1.82) is 0 Å². The molecule has 2 aromatic carbocycles. The molecule has 0 amide bonds. The van der Waals surface area contributed by atoms with Crippen molar-refractivity contribution in [2.75, 3.05) is 13.7 Å². The fourth-order valence-corrected chi connectivity index (χ4v) is 2.85. The molecule has 3 nitrogen and oxygen atoms in total. The van der Waals surface area contributed by atoms with Crippen LogP contribution in [0.5, 0.6) is 11.5 Å². The van der Waals surface area contributed by atoms with Crippen molar-refractivity contribution < 1.29 is 14.3 Å². The van der Waals surface area contributed by atoms with Crippen LogP contribution in [-0.2, 0) is 6.42 Å². The normalized spacial score (nSPS) is 15.4. The second-order valence-electron chi connectivity index (χ2n) is 5.52. The Hall–Kier alpha value is -2.55. The summed E-state index contributed by atoms with van der Waals surface area (Å²) in [7, 11) is 1.64. The van der Waals surface area contributed by atoms with E-state index < -0.39 is 0 Å². The summed E-state index contributed by atoms with van der Waals surface area (Å²) in [5, 5.41) is 0. The van der Waals surface area contributed by atoms with Gasteiger partial charge in [0.2, 0.25) is 0 Å². The number of carbonyl (C=O) groups excluding carboxylic acids is 1. The number of methoxy groups -OCH3 is 1. The first-order valence-corrected chi connectivity index (χ1v) is 7.86. The summed E-state index contributed by atoms with van der Waals surface area (Å²) in [6.07, 6.45) is 3.60. The van der Waals surface area contributed by atoms with Crippen LogP contribution in [0.3, 0.4) is 0 Å². The molecule has 0 N–H and O–H groups in total. The van der Waals surface area contributed by atoms with Gasteiger partial charge in [-0.2, -0.15) is 0 Å². The number of ketones is 1. The highest BCUT2D eigenvalue weighted by Gasteiger charge is 2.22. The van der Waals surface area contributed by atoms with Crippen LogP contribution in [-0.4, -0.2) is 19.5 Å². The molecular weight excluding hydrogens is 288 g/mol. The van der Waals surface area contributed by atoms with Crippen LogP contribution >= 0.6 is 0 Å². The summed E-state index contributed by atoms with van der Waals surface area (Å²) in [4.78, 5) is 12.7. The van der Waals surface area contributed by atoms with E-state index in [1.54, 1.807) is 7.11 Å². The van der Waals surface area contributed by atoms with E-state index in [-0.39, 0.29) is 5.78 Å². The number of ether oxygens (including phenoxy) is 2. The van der Waals surface area contributed by atoms with Crippen molar-refractivity contribution >= 4 is 11.9 Å². The van der Waals surface area contributed by atoms with E-state index in [9.17, 15) is 4.79 Å². The molecular formula is C20H20O3. The first-order valence-electron chi connectivity index (χ1n) is 7.86. The van der Waals surface area contributed by atoms with E-state index in [4.69, 9.17) is 9.47 Å². The Bertz CT molecular complexity index is 742. The van der Waals surface area contributed by atoms with Crippen LogP contribution in [0.25, 0.3) is 6.08 Å². The summed E-state index contributed by atoms with van der Waals surface area (Å²) in [5.41, 5.74) is 3.73. The van der Waals surface area contributed by atoms with Crippen molar-refractivity contribution in [1.82, 2.24) is 0 Å². The summed E-state index contributed by atoms with van der Waals surface area (Å²) in [6, 6.07) is 13.5. The van der Waals surface area contributed by atoms with Gasteiger partial charge in [0.15, 0.2) is 5.78 Å². The average molecular weight is 308 g/mol. The molecule has 0 saturated carbocycles. The van der Waals surface area contributed by atoms with Gasteiger partial charge >= 0.3 is 0 Å². The van der Waals surface area contributed by atoms with Gasteiger partial charge in [0.1, 0.15) is 11.5 Å². The number of aryl methyl sites for hydroxylation is 1. The molecule has 0 bridgehead atoms. The molecule has 0 heterocycles. The molecule has 0 radical (unpaired) electrons. The summed E-state index contributed by atoms with van der Waals surface area (Å²) < 4.78 is 10.7. The number of hydrogen-bond donors (Lipinski definition) is 0. The van der Waals surface area contributed by atoms with Gasteiger partial charge in [-0.1, -0.05) is 12.1 Å². The monoisotopic (exact) mass is 308 g/mol. The minimum atomic E-state index is 0.114. The van der Waals surface area contributed by atoms with E-state index in [1.807, 2.05) is 55.5 Å². The lowest BCUT2D eigenvalue weighted by molar-refractivity contribution is 0.102. The quantitative estimate of drug-likeness (QED) is 0.790. The number of benzene rings is 2. The first kappa shape index (κ1) is 15.3. The minimum absolute atomic E-state index is 0.114. The molecule has 2 aromatic rings. The SMILES string of the molecule is CCOc1ccc(C=C2CCc3cc(OC)ccc3C2=O)cc1. The molecule has 0 unspecified atom stereocenters. The van der Waals surface area contributed by atoms with Gasteiger partial charge in [-0.05, 0) is 67.3 Å². The molecule has 3 rings (SSSR count). The van der Waals surface area contributed by atoms with Gasteiger partial charge in [-0.15, -0.1) is 0 Å². The number of allylic oxidation sites excluding steroid dienone is 1. The molecule has 0 spiro atoms. The topological polar surface area (TPSA) is 35.5 Å². The number of rotatable bonds is 4. The molecule has 0 fully saturated rings. The maximum atomic E-state index is 12.7. The lowest BCUT2D eigenvalue weighted by Crippen LogP contribution is -2.14. The molecule has 0 saturated heterocycles. The number of Topliss-reactive ketones (excluding diaryl/α,β-unsaturated/α-hetero) is 1. The highest BCUT2D eigenvalue weighted by atomic mass is 16.5. The Morgan fingerprint density at radius 2 is 1.78 bits per heavy atom. The third-order valence-electron chi connectivity index (χ3n) is 4.04. The molecule has 0 atom stereocenters. The fraction of sp³-hybridized carbons (Fsp3) is 0.250. The number of carbonyl (C=O) groups is 1. The third-order valence-corrected chi connectivity index (χ3v) is 4.04. The predicted octanol–water partition coefficient (Wildman–Crippen LogP) is 4.31.